The second-order valence-electron chi connectivity index (χ2n) is 4.92. The van der Waals surface area contributed by atoms with Crippen LogP contribution in [0.3, 0.4) is 0 Å². The molecule has 3 rings (SSSR count). The lowest BCUT2D eigenvalue weighted by Crippen LogP contribution is -2.04. The Balaban J connectivity index is 1.94. The molecule has 0 fully saturated rings. The summed E-state index contributed by atoms with van der Waals surface area (Å²) in [5.74, 6) is -0.149. The third-order valence-electron chi connectivity index (χ3n) is 3.32. The van der Waals surface area contributed by atoms with Crippen LogP contribution >= 0.6 is 0 Å². The highest BCUT2D eigenvalue weighted by Crippen LogP contribution is 2.37. The number of halogens is 3. The van der Waals surface area contributed by atoms with Crippen LogP contribution in [0.4, 0.5) is 24.7 Å². The number of H-pyrrole nitrogens is 1. The number of para-hydroxylation sites is 1. The zero-order valence-electron chi connectivity index (χ0n) is 11.9. The number of nitrogens with zero attached hydrogens (tertiary/aromatic N) is 3. The Hall–Kier alpha value is -2.90. The van der Waals surface area contributed by atoms with Crippen molar-refractivity contribution in [1.82, 2.24) is 9.97 Å². The summed E-state index contributed by atoms with van der Waals surface area (Å²) in [4.78, 5) is 6.39. The summed E-state index contributed by atoms with van der Waals surface area (Å²) in [5.41, 5.74) is 0.999. The van der Waals surface area contributed by atoms with Gasteiger partial charge in [-0.15, -0.1) is 10.2 Å². The van der Waals surface area contributed by atoms with Crippen molar-refractivity contribution >= 4 is 22.4 Å². The van der Waals surface area contributed by atoms with Crippen molar-refractivity contribution in [2.45, 2.75) is 13.1 Å². The molecular weight excluding hydrogens is 309 g/mol. The molecule has 0 aliphatic rings. The van der Waals surface area contributed by atoms with E-state index in [1.807, 2.05) is 13.0 Å². The van der Waals surface area contributed by atoms with Gasteiger partial charge in [-0.25, -0.2) is 4.98 Å². The quantitative estimate of drug-likeness (QED) is 0.651. The van der Waals surface area contributed by atoms with Crippen LogP contribution in [0, 0.1) is 6.92 Å². The van der Waals surface area contributed by atoms with E-state index in [-0.39, 0.29) is 17.4 Å². The fourth-order valence-electron chi connectivity index (χ4n) is 2.15. The van der Waals surface area contributed by atoms with Gasteiger partial charge in [-0.05, 0) is 24.6 Å². The number of aromatic nitrogens is 2. The summed E-state index contributed by atoms with van der Waals surface area (Å²) in [5, 5.41) is 18.3. The molecule has 0 aliphatic heterocycles. The fourth-order valence-corrected chi connectivity index (χ4v) is 2.15. The lowest BCUT2D eigenvalue weighted by Gasteiger charge is -2.04. The van der Waals surface area contributed by atoms with Crippen molar-refractivity contribution in [2.24, 2.45) is 10.2 Å². The third-order valence-corrected chi connectivity index (χ3v) is 3.32. The van der Waals surface area contributed by atoms with E-state index in [1.165, 1.54) is 0 Å². The van der Waals surface area contributed by atoms with Crippen LogP contribution in [0.1, 0.15) is 11.1 Å². The first kappa shape index (κ1) is 15.0. The molecule has 2 N–H and O–H groups in total. The maximum atomic E-state index is 12.5. The van der Waals surface area contributed by atoms with Crippen molar-refractivity contribution in [3.8, 4) is 5.88 Å². The minimum atomic E-state index is -4.45. The molecule has 0 amide bonds. The monoisotopic (exact) mass is 320 g/mol. The van der Waals surface area contributed by atoms with Crippen molar-refractivity contribution in [1.29, 1.82) is 0 Å². The lowest BCUT2D eigenvalue weighted by molar-refractivity contribution is -0.137. The fraction of sp³-hybridized carbons (Fsp3) is 0.133. The van der Waals surface area contributed by atoms with Gasteiger partial charge in [-0.3, -0.25) is 0 Å². The van der Waals surface area contributed by atoms with E-state index in [2.05, 4.69) is 20.2 Å². The Kier molecular flexibility index (Phi) is 3.51. The van der Waals surface area contributed by atoms with Crippen LogP contribution in [0.15, 0.2) is 46.8 Å². The number of hydrogen-bond acceptors (Lipinski definition) is 4. The summed E-state index contributed by atoms with van der Waals surface area (Å²) in [6.07, 6.45) is -3.76. The number of aromatic hydroxyl groups is 1. The number of aromatic amines is 1. The van der Waals surface area contributed by atoms with Gasteiger partial charge in [0.15, 0.2) is 11.5 Å². The maximum Gasteiger partial charge on any atom is 0.417 e. The molecule has 1 aromatic carbocycles. The van der Waals surface area contributed by atoms with E-state index < -0.39 is 11.7 Å². The van der Waals surface area contributed by atoms with Crippen LogP contribution in [-0.2, 0) is 6.18 Å². The van der Waals surface area contributed by atoms with Gasteiger partial charge in [0.05, 0.1) is 11.1 Å². The summed E-state index contributed by atoms with van der Waals surface area (Å²) in [6, 6.07) is 7.42. The number of rotatable bonds is 2. The summed E-state index contributed by atoms with van der Waals surface area (Å²) < 4.78 is 37.4. The number of nitrogens with one attached hydrogen (secondary N) is 1. The molecule has 0 aliphatic carbocycles. The highest BCUT2D eigenvalue weighted by atomic mass is 19.4. The van der Waals surface area contributed by atoms with Gasteiger partial charge in [0.25, 0.3) is 0 Å². The highest BCUT2D eigenvalue weighted by molar-refractivity contribution is 5.95. The van der Waals surface area contributed by atoms with Crippen LogP contribution in [0.2, 0.25) is 0 Å². The first-order valence-corrected chi connectivity index (χ1v) is 6.61. The number of benzene rings is 1. The lowest BCUT2D eigenvalue weighted by atomic mass is 10.1. The van der Waals surface area contributed by atoms with Gasteiger partial charge in [0, 0.05) is 11.6 Å². The van der Waals surface area contributed by atoms with E-state index in [0.717, 1.165) is 23.2 Å². The summed E-state index contributed by atoms with van der Waals surface area (Å²) in [6.45, 7) is 1.87. The van der Waals surface area contributed by atoms with Crippen molar-refractivity contribution in [2.75, 3.05) is 0 Å². The summed E-state index contributed by atoms with van der Waals surface area (Å²) in [7, 11) is 0. The Labute approximate surface area is 128 Å². The molecule has 0 bridgehead atoms. The number of hydrogen-bond donors (Lipinski definition) is 2. The van der Waals surface area contributed by atoms with Gasteiger partial charge < -0.3 is 10.1 Å². The van der Waals surface area contributed by atoms with E-state index in [4.69, 9.17) is 0 Å². The average Bonchev–Trinajstić information content (AvgIpc) is 2.82. The first-order chi connectivity index (χ1) is 10.9. The van der Waals surface area contributed by atoms with Crippen LogP contribution in [0.5, 0.6) is 5.88 Å². The molecule has 2 heterocycles. The minimum Gasteiger partial charge on any atom is -0.493 e. The van der Waals surface area contributed by atoms with Gasteiger partial charge in [0.2, 0.25) is 5.88 Å². The first-order valence-electron chi connectivity index (χ1n) is 6.61. The van der Waals surface area contributed by atoms with E-state index in [0.29, 0.717) is 11.6 Å². The number of fused-ring (bicyclic) bond motifs is 1. The largest absolute Gasteiger partial charge is 0.493 e. The third kappa shape index (κ3) is 2.87. The second kappa shape index (κ2) is 5.38. The SMILES string of the molecule is Cc1cccc2c(N=Nc3ccc(C(F)(F)F)cn3)c(O)[nH]c12. The Morgan fingerprint density at radius 2 is 1.91 bits per heavy atom. The molecule has 23 heavy (non-hydrogen) atoms. The molecular formula is C15H11F3N4O. The van der Waals surface area contributed by atoms with Crippen molar-refractivity contribution in [3.63, 3.8) is 0 Å². The predicted octanol–water partition coefficient (Wildman–Crippen LogP) is 5.01. The normalized spacial score (nSPS) is 12.3. The van der Waals surface area contributed by atoms with Crippen molar-refractivity contribution in [3.05, 3.63) is 47.7 Å². The molecule has 0 radical (unpaired) electrons. The molecule has 118 valence electrons. The number of pyridine rings is 1. The Bertz CT molecular complexity index is 882. The zero-order valence-corrected chi connectivity index (χ0v) is 11.9. The number of aryl methyl sites for hydroxylation is 1. The molecule has 2 aromatic heterocycles. The van der Waals surface area contributed by atoms with Crippen LogP contribution in [-0.4, -0.2) is 15.1 Å². The Morgan fingerprint density at radius 1 is 1.13 bits per heavy atom. The molecule has 0 atom stereocenters. The Morgan fingerprint density at radius 3 is 2.57 bits per heavy atom. The van der Waals surface area contributed by atoms with Crippen molar-refractivity contribution < 1.29 is 18.3 Å². The average molecular weight is 320 g/mol. The van der Waals surface area contributed by atoms with Crippen LogP contribution in [0.25, 0.3) is 10.9 Å². The molecule has 8 heteroatoms. The molecule has 3 aromatic rings. The van der Waals surface area contributed by atoms with E-state index in [9.17, 15) is 18.3 Å². The maximum absolute atomic E-state index is 12.5. The highest BCUT2D eigenvalue weighted by Gasteiger charge is 2.30. The van der Waals surface area contributed by atoms with Crippen LogP contribution < -0.4 is 0 Å². The topological polar surface area (TPSA) is 73.6 Å². The van der Waals surface area contributed by atoms with Gasteiger partial charge in [-0.1, -0.05) is 18.2 Å². The predicted molar refractivity (Wildman–Crippen MR) is 78.1 cm³/mol. The van der Waals surface area contributed by atoms with Gasteiger partial charge in [-0.2, -0.15) is 13.2 Å². The molecule has 0 saturated heterocycles. The van der Waals surface area contributed by atoms with Gasteiger partial charge in [0.1, 0.15) is 0 Å². The summed E-state index contributed by atoms with van der Waals surface area (Å²) >= 11 is 0. The molecule has 0 spiro atoms. The smallest absolute Gasteiger partial charge is 0.417 e. The van der Waals surface area contributed by atoms with Gasteiger partial charge >= 0.3 is 6.18 Å². The number of alkyl halides is 3. The standard InChI is InChI=1S/C15H11F3N4O/c1-8-3-2-4-10-12(8)20-14(23)13(10)22-21-11-6-5-9(7-19-11)15(16,17)18/h2-7,20,23H,1H3. The number of azo groups is 1. The van der Waals surface area contributed by atoms with E-state index >= 15 is 0 Å². The molecule has 0 unspecified atom stereocenters. The van der Waals surface area contributed by atoms with E-state index in [1.54, 1.807) is 12.1 Å². The molecule has 0 saturated carbocycles. The molecule has 5 nitrogen and oxygen atoms in total. The zero-order chi connectivity index (χ0) is 16.6. The minimum absolute atomic E-state index is 0.0133. The second-order valence-corrected chi connectivity index (χ2v) is 4.92.